The normalized spacial score (nSPS) is 11.6. The second kappa shape index (κ2) is 10.0. The number of amides is 1. The summed E-state index contributed by atoms with van der Waals surface area (Å²) in [6.45, 7) is 1.14. The first-order valence-corrected chi connectivity index (χ1v) is 7.44. The molecule has 5 nitrogen and oxygen atoms in total. The fraction of sp³-hybridized carbons (Fsp3) is 0.353. The molecule has 2 rings (SSSR count). The van der Waals surface area contributed by atoms with E-state index < -0.39 is 6.10 Å². The molecular weight excluding hydrogens is 316 g/mol. The third-order valence-electron chi connectivity index (χ3n) is 3.43. The monoisotopic (exact) mass is 338 g/mol. The lowest BCUT2D eigenvalue weighted by molar-refractivity contribution is -0.133. The van der Waals surface area contributed by atoms with Gasteiger partial charge in [0.2, 0.25) is 5.91 Å². The number of hydrogen-bond acceptors (Lipinski definition) is 4. The standard InChI is InChI=1S/C17H22N2O3.ClH/c18-10-4-9-17(21)19(12-14-6-2-1-3-7-14)13-15(20)16-8-5-11-22-16;/h1-3,5-8,11,15,20H,4,9-10,12-13,18H2;1H. The number of halogens is 1. The van der Waals surface area contributed by atoms with E-state index in [0.29, 0.717) is 31.7 Å². The van der Waals surface area contributed by atoms with Gasteiger partial charge in [0.1, 0.15) is 11.9 Å². The Bertz CT molecular complexity index is 560. The van der Waals surface area contributed by atoms with Gasteiger partial charge in [-0.1, -0.05) is 30.3 Å². The summed E-state index contributed by atoms with van der Waals surface area (Å²) in [5.74, 6) is 0.449. The molecule has 2 aromatic rings. The predicted molar refractivity (Wildman–Crippen MR) is 91.1 cm³/mol. The maximum Gasteiger partial charge on any atom is 0.223 e. The Balaban J connectivity index is 0.00000264. The molecule has 0 aliphatic heterocycles. The van der Waals surface area contributed by atoms with Crippen LogP contribution in [0.1, 0.15) is 30.3 Å². The van der Waals surface area contributed by atoms with Gasteiger partial charge in [-0.15, -0.1) is 12.4 Å². The third-order valence-corrected chi connectivity index (χ3v) is 3.43. The summed E-state index contributed by atoms with van der Waals surface area (Å²) in [6.07, 6.45) is 1.70. The summed E-state index contributed by atoms with van der Waals surface area (Å²) < 4.78 is 5.20. The molecule has 1 atom stereocenters. The van der Waals surface area contributed by atoms with Gasteiger partial charge in [0.15, 0.2) is 0 Å². The average molecular weight is 339 g/mol. The van der Waals surface area contributed by atoms with E-state index in [1.54, 1.807) is 17.0 Å². The van der Waals surface area contributed by atoms with E-state index >= 15 is 0 Å². The smallest absolute Gasteiger partial charge is 0.223 e. The van der Waals surface area contributed by atoms with Crippen molar-refractivity contribution in [2.24, 2.45) is 5.73 Å². The third kappa shape index (κ3) is 6.06. The Morgan fingerprint density at radius 2 is 1.96 bits per heavy atom. The van der Waals surface area contributed by atoms with Crippen LogP contribution in [0.25, 0.3) is 0 Å². The second-order valence-electron chi connectivity index (χ2n) is 5.18. The van der Waals surface area contributed by atoms with Gasteiger partial charge in [-0.05, 0) is 30.7 Å². The first-order valence-electron chi connectivity index (χ1n) is 7.44. The molecule has 0 spiro atoms. The van der Waals surface area contributed by atoms with Crippen molar-refractivity contribution in [3.05, 3.63) is 60.1 Å². The molecule has 1 amide bonds. The molecule has 0 aliphatic rings. The maximum absolute atomic E-state index is 12.3. The van der Waals surface area contributed by atoms with Crippen molar-refractivity contribution in [3.8, 4) is 0 Å². The Morgan fingerprint density at radius 3 is 2.57 bits per heavy atom. The molecule has 126 valence electrons. The topological polar surface area (TPSA) is 79.7 Å². The molecular formula is C17H23ClN2O3. The molecule has 0 saturated heterocycles. The lowest BCUT2D eigenvalue weighted by Gasteiger charge is -2.25. The number of furan rings is 1. The minimum absolute atomic E-state index is 0. The van der Waals surface area contributed by atoms with E-state index in [9.17, 15) is 9.90 Å². The summed E-state index contributed by atoms with van der Waals surface area (Å²) in [7, 11) is 0. The van der Waals surface area contributed by atoms with Crippen molar-refractivity contribution in [3.63, 3.8) is 0 Å². The van der Waals surface area contributed by atoms with Crippen molar-refractivity contribution in [1.29, 1.82) is 0 Å². The summed E-state index contributed by atoms with van der Waals surface area (Å²) in [5, 5.41) is 10.2. The molecule has 1 unspecified atom stereocenters. The first-order chi connectivity index (χ1) is 10.7. The zero-order chi connectivity index (χ0) is 15.8. The van der Waals surface area contributed by atoms with E-state index in [-0.39, 0.29) is 24.9 Å². The fourth-order valence-electron chi connectivity index (χ4n) is 2.25. The van der Waals surface area contributed by atoms with Crippen molar-refractivity contribution in [1.82, 2.24) is 4.90 Å². The highest BCUT2D eigenvalue weighted by Crippen LogP contribution is 2.17. The largest absolute Gasteiger partial charge is 0.467 e. The highest BCUT2D eigenvalue weighted by Gasteiger charge is 2.20. The van der Waals surface area contributed by atoms with Crippen LogP contribution >= 0.6 is 12.4 Å². The average Bonchev–Trinajstić information content (AvgIpc) is 3.07. The molecule has 3 N–H and O–H groups in total. The van der Waals surface area contributed by atoms with Crippen molar-refractivity contribution in [2.45, 2.75) is 25.5 Å². The highest BCUT2D eigenvalue weighted by molar-refractivity contribution is 5.85. The first kappa shape index (κ1) is 19.2. The predicted octanol–water partition coefficient (Wildman–Crippen LogP) is 2.50. The number of hydrogen-bond donors (Lipinski definition) is 2. The molecule has 0 fully saturated rings. The van der Waals surface area contributed by atoms with Gasteiger partial charge in [-0.25, -0.2) is 0 Å². The van der Waals surface area contributed by atoms with Gasteiger partial charge < -0.3 is 20.2 Å². The van der Waals surface area contributed by atoms with Crippen LogP contribution in [0.15, 0.2) is 53.1 Å². The van der Waals surface area contributed by atoms with Crippen LogP contribution < -0.4 is 5.73 Å². The zero-order valence-electron chi connectivity index (χ0n) is 12.9. The molecule has 0 radical (unpaired) electrons. The molecule has 0 aliphatic carbocycles. The van der Waals surface area contributed by atoms with Crippen molar-refractivity contribution < 1.29 is 14.3 Å². The van der Waals surface area contributed by atoms with Gasteiger partial charge in [0.25, 0.3) is 0 Å². The van der Waals surface area contributed by atoms with Crippen LogP contribution in [0.3, 0.4) is 0 Å². The van der Waals surface area contributed by atoms with E-state index in [4.69, 9.17) is 10.2 Å². The Hall–Kier alpha value is -1.82. The van der Waals surface area contributed by atoms with Gasteiger partial charge in [0.05, 0.1) is 12.8 Å². The Labute approximate surface area is 142 Å². The number of nitrogens with two attached hydrogens (primary N) is 1. The molecule has 1 aromatic heterocycles. The molecule has 6 heteroatoms. The van der Waals surface area contributed by atoms with E-state index in [2.05, 4.69) is 0 Å². The summed E-state index contributed by atoms with van der Waals surface area (Å²) in [5.41, 5.74) is 6.50. The van der Waals surface area contributed by atoms with E-state index in [1.165, 1.54) is 6.26 Å². The van der Waals surface area contributed by atoms with Gasteiger partial charge in [-0.2, -0.15) is 0 Å². The van der Waals surface area contributed by atoms with Crippen LogP contribution in [0, 0.1) is 0 Å². The number of benzene rings is 1. The number of aliphatic hydroxyl groups is 1. The molecule has 23 heavy (non-hydrogen) atoms. The number of rotatable bonds is 8. The van der Waals surface area contributed by atoms with Crippen LogP contribution in [0.5, 0.6) is 0 Å². The highest BCUT2D eigenvalue weighted by atomic mass is 35.5. The van der Waals surface area contributed by atoms with Crippen LogP contribution in [-0.2, 0) is 11.3 Å². The minimum atomic E-state index is -0.833. The van der Waals surface area contributed by atoms with Gasteiger partial charge in [-0.3, -0.25) is 4.79 Å². The van der Waals surface area contributed by atoms with Crippen LogP contribution in [0.2, 0.25) is 0 Å². The molecule has 0 bridgehead atoms. The quantitative estimate of drug-likeness (QED) is 0.775. The lowest BCUT2D eigenvalue weighted by atomic mass is 10.1. The van der Waals surface area contributed by atoms with E-state index in [0.717, 1.165) is 5.56 Å². The summed E-state index contributed by atoms with van der Waals surface area (Å²) in [4.78, 5) is 14.0. The van der Waals surface area contributed by atoms with Crippen molar-refractivity contribution >= 4 is 18.3 Å². The summed E-state index contributed by atoms with van der Waals surface area (Å²) in [6, 6.07) is 13.1. The number of nitrogens with zero attached hydrogens (tertiary/aromatic N) is 1. The number of carbonyl (C=O) groups is 1. The molecule has 0 saturated carbocycles. The van der Waals surface area contributed by atoms with Gasteiger partial charge >= 0.3 is 0 Å². The lowest BCUT2D eigenvalue weighted by Crippen LogP contribution is -2.34. The molecule has 1 heterocycles. The zero-order valence-corrected chi connectivity index (χ0v) is 13.7. The van der Waals surface area contributed by atoms with Crippen LogP contribution in [-0.4, -0.2) is 29.0 Å². The SMILES string of the molecule is Cl.NCCCC(=O)N(Cc1ccccc1)CC(O)c1ccco1. The Kier molecular flexibility index (Phi) is 8.40. The van der Waals surface area contributed by atoms with Crippen LogP contribution in [0.4, 0.5) is 0 Å². The van der Waals surface area contributed by atoms with Gasteiger partial charge in [0, 0.05) is 13.0 Å². The van der Waals surface area contributed by atoms with Crippen molar-refractivity contribution in [2.75, 3.05) is 13.1 Å². The van der Waals surface area contributed by atoms with E-state index in [1.807, 2.05) is 30.3 Å². The number of carbonyl (C=O) groups excluding carboxylic acids is 1. The second-order valence-corrected chi connectivity index (χ2v) is 5.18. The summed E-state index contributed by atoms with van der Waals surface area (Å²) >= 11 is 0. The Morgan fingerprint density at radius 1 is 1.22 bits per heavy atom. The molecule has 1 aromatic carbocycles. The maximum atomic E-state index is 12.3. The minimum Gasteiger partial charge on any atom is -0.467 e. The fourth-order valence-corrected chi connectivity index (χ4v) is 2.25. The number of aliphatic hydroxyl groups excluding tert-OH is 1.